The number of imidazole rings is 1. The van der Waals surface area contributed by atoms with Crippen LogP contribution in [0.1, 0.15) is 35.1 Å². The Labute approximate surface area is 146 Å². The number of carbonyl (C=O) groups excluding carboxylic acids is 1. The molecule has 0 radical (unpaired) electrons. The number of rotatable bonds is 4. The van der Waals surface area contributed by atoms with Crippen molar-refractivity contribution < 1.29 is 4.79 Å². The van der Waals surface area contributed by atoms with Crippen molar-refractivity contribution >= 4 is 11.6 Å². The molecule has 7 nitrogen and oxygen atoms in total. The van der Waals surface area contributed by atoms with E-state index in [0.717, 1.165) is 38.1 Å². The van der Waals surface area contributed by atoms with Crippen LogP contribution in [0.3, 0.4) is 0 Å². The summed E-state index contributed by atoms with van der Waals surface area (Å²) in [5.41, 5.74) is 2.69. The Kier molecular flexibility index (Phi) is 4.23. The zero-order valence-electron chi connectivity index (χ0n) is 14.3. The molecule has 1 N–H and O–H groups in total. The van der Waals surface area contributed by atoms with Gasteiger partial charge in [0.15, 0.2) is 0 Å². The summed E-state index contributed by atoms with van der Waals surface area (Å²) in [6, 6.07) is 8.31. The van der Waals surface area contributed by atoms with E-state index in [1.54, 1.807) is 13.1 Å². The summed E-state index contributed by atoms with van der Waals surface area (Å²) < 4.78 is 4.08. The van der Waals surface area contributed by atoms with E-state index < -0.39 is 0 Å². The zero-order chi connectivity index (χ0) is 17.2. The second-order valence-corrected chi connectivity index (χ2v) is 6.46. The molecular weight excluding hydrogens is 316 g/mol. The molecule has 0 aliphatic carbocycles. The van der Waals surface area contributed by atoms with Gasteiger partial charge in [0.2, 0.25) is 0 Å². The first kappa shape index (κ1) is 15.8. The highest BCUT2D eigenvalue weighted by atomic mass is 16.1. The fourth-order valence-electron chi connectivity index (χ4n) is 3.55. The van der Waals surface area contributed by atoms with Gasteiger partial charge in [-0.15, -0.1) is 0 Å². The second kappa shape index (κ2) is 6.68. The average Bonchev–Trinajstić information content (AvgIpc) is 3.31. The Balaban J connectivity index is 1.48. The van der Waals surface area contributed by atoms with Gasteiger partial charge in [0.05, 0.1) is 6.04 Å². The number of aromatic nitrogens is 4. The van der Waals surface area contributed by atoms with Crippen LogP contribution in [0.15, 0.2) is 42.9 Å². The third-order valence-corrected chi connectivity index (χ3v) is 4.82. The Morgan fingerprint density at radius 1 is 1.32 bits per heavy atom. The lowest BCUT2D eigenvalue weighted by Gasteiger charge is -2.32. The number of likely N-dealkylation sites (tertiary alicyclic amines) is 1. The molecule has 0 aromatic carbocycles. The van der Waals surface area contributed by atoms with Crippen LogP contribution in [0.5, 0.6) is 0 Å². The average molecular weight is 338 g/mol. The molecule has 1 amide bonds. The summed E-state index contributed by atoms with van der Waals surface area (Å²) >= 11 is 0. The molecule has 1 aliphatic heterocycles. The standard InChI is InChI=1S/C18H22N6O/c1-19-18(25)16-7-10-24(21-16)15-5-3-9-22(13-15)12-14-4-2-6-17-20-8-11-23(14)17/h2,4,6-8,10-11,15H,3,5,9,12-13H2,1H3,(H,19,25). The van der Waals surface area contributed by atoms with Crippen LogP contribution in [-0.2, 0) is 6.54 Å². The quantitative estimate of drug-likeness (QED) is 0.787. The van der Waals surface area contributed by atoms with Crippen LogP contribution in [0.2, 0.25) is 0 Å². The normalized spacial score (nSPS) is 18.5. The first-order chi connectivity index (χ1) is 12.2. The topological polar surface area (TPSA) is 67.5 Å². The molecule has 1 atom stereocenters. The van der Waals surface area contributed by atoms with Crippen molar-refractivity contribution in [1.29, 1.82) is 0 Å². The predicted octanol–water partition coefficient (Wildman–Crippen LogP) is 1.73. The number of piperidine rings is 1. The molecular formula is C18H22N6O. The lowest BCUT2D eigenvalue weighted by Crippen LogP contribution is -2.36. The maximum atomic E-state index is 11.7. The van der Waals surface area contributed by atoms with Crippen LogP contribution in [-0.4, -0.2) is 50.1 Å². The van der Waals surface area contributed by atoms with Crippen LogP contribution < -0.4 is 5.32 Å². The largest absolute Gasteiger partial charge is 0.354 e. The van der Waals surface area contributed by atoms with Crippen LogP contribution in [0.4, 0.5) is 0 Å². The summed E-state index contributed by atoms with van der Waals surface area (Å²) in [4.78, 5) is 18.5. The van der Waals surface area contributed by atoms with Crippen LogP contribution >= 0.6 is 0 Å². The van der Waals surface area contributed by atoms with Crippen molar-refractivity contribution in [3.63, 3.8) is 0 Å². The van der Waals surface area contributed by atoms with Crippen molar-refractivity contribution in [2.45, 2.75) is 25.4 Å². The highest BCUT2D eigenvalue weighted by Gasteiger charge is 2.23. The van der Waals surface area contributed by atoms with E-state index in [0.29, 0.717) is 11.7 Å². The summed E-state index contributed by atoms with van der Waals surface area (Å²) in [7, 11) is 1.63. The molecule has 25 heavy (non-hydrogen) atoms. The molecule has 1 fully saturated rings. The predicted molar refractivity (Wildman–Crippen MR) is 94.4 cm³/mol. The Hall–Kier alpha value is -2.67. The fourth-order valence-corrected chi connectivity index (χ4v) is 3.55. The number of amides is 1. The minimum absolute atomic E-state index is 0.141. The molecule has 4 heterocycles. The lowest BCUT2D eigenvalue weighted by atomic mass is 10.1. The van der Waals surface area contributed by atoms with Gasteiger partial charge in [-0.1, -0.05) is 6.07 Å². The highest BCUT2D eigenvalue weighted by Crippen LogP contribution is 2.22. The third kappa shape index (κ3) is 3.15. The van der Waals surface area contributed by atoms with Crippen molar-refractivity contribution in [2.75, 3.05) is 20.1 Å². The van der Waals surface area contributed by atoms with E-state index in [2.05, 4.69) is 36.8 Å². The second-order valence-electron chi connectivity index (χ2n) is 6.46. The molecule has 7 heteroatoms. The van der Waals surface area contributed by atoms with Gasteiger partial charge in [0.25, 0.3) is 5.91 Å². The van der Waals surface area contributed by atoms with E-state index in [1.807, 2.05) is 29.3 Å². The lowest BCUT2D eigenvalue weighted by molar-refractivity contribution is 0.0955. The van der Waals surface area contributed by atoms with Crippen molar-refractivity contribution in [3.05, 3.63) is 54.2 Å². The number of pyridine rings is 1. The van der Waals surface area contributed by atoms with Gasteiger partial charge in [-0.05, 0) is 37.6 Å². The highest BCUT2D eigenvalue weighted by molar-refractivity contribution is 5.91. The molecule has 0 spiro atoms. The third-order valence-electron chi connectivity index (χ3n) is 4.82. The SMILES string of the molecule is CNC(=O)c1ccn(C2CCCN(Cc3cccc4nccn34)C2)n1. The molecule has 0 bridgehead atoms. The molecule has 1 aliphatic rings. The van der Waals surface area contributed by atoms with E-state index in [1.165, 1.54) is 5.69 Å². The van der Waals surface area contributed by atoms with Crippen molar-refractivity contribution in [1.82, 2.24) is 29.4 Å². The summed E-state index contributed by atoms with van der Waals surface area (Å²) in [6.45, 7) is 2.89. The Morgan fingerprint density at radius 3 is 3.12 bits per heavy atom. The maximum Gasteiger partial charge on any atom is 0.271 e. The number of carbonyl (C=O) groups is 1. The van der Waals surface area contributed by atoms with E-state index in [9.17, 15) is 4.79 Å². The van der Waals surface area contributed by atoms with Gasteiger partial charge in [-0.3, -0.25) is 14.4 Å². The van der Waals surface area contributed by atoms with E-state index in [-0.39, 0.29) is 5.91 Å². The van der Waals surface area contributed by atoms with Crippen molar-refractivity contribution in [2.24, 2.45) is 0 Å². The minimum Gasteiger partial charge on any atom is -0.354 e. The molecule has 1 unspecified atom stereocenters. The minimum atomic E-state index is -0.141. The summed E-state index contributed by atoms with van der Waals surface area (Å²) in [5, 5.41) is 7.07. The monoisotopic (exact) mass is 338 g/mol. The van der Waals surface area contributed by atoms with E-state index in [4.69, 9.17) is 0 Å². The van der Waals surface area contributed by atoms with Crippen molar-refractivity contribution in [3.8, 4) is 0 Å². The van der Waals surface area contributed by atoms with Gasteiger partial charge in [-0.2, -0.15) is 5.10 Å². The molecule has 3 aromatic heterocycles. The molecule has 3 aromatic rings. The summed E-state index contributed by atoms with van der Waals surface area (Å²) in [5.74, 6) is -0.141. The van der Waals surface area contributed by atoms with Gasteiger partial charge >= 0.3 is 0 Å². The molecule has 130 valence electrons. The van der Waals surface area contributed by atoms with Gasteiger partial charge in [0, 0.05) is 44.4 Å². The maximum absolute atomic E-state index is 11.7. The summed E-state index contributed by atoms with van der Waals surface area (Å²) in [6.07, 6.45) is 7.97. The number of nitrogens with one attached hydrogen (secondary N) is 1. The number of nitrogens with zero attached hydrogens (tertiary/aromatic N) is 5. The van der Waals surface area contributed by atoms with Gasteiger partial charge in [-0.25, -0.2) is 4.98 Å². The molecule has 0 saturated carbocycles. The number of hydrogen-bond acceptors (Lipinski definition) is 4. The first-order valence-electron chi connectivity index (χ1n) is 8.65. The van der Waals surface area contributed by atoms with Crippen LogP contribution in [0, 0.1) is 0 Å². The number of fused-ring (bicyclic) bond motifs is 1. The molecule has 1 saturated heterocycles. The zero-order valence-corrected chi connectivity index (χ0v) is 14.3. The van der Waals surface area contributed by atoms with Gasteiger partial charge in [0.1, 0.15) is 11.3 Å². The fraction of sp³-hybridized carbons (Fsp3) is 0.389. The Morgan fingerprint density at radius 2 is 2.24 bits per heavy atom. The smallest absolute Gasteiger partial charge is 0.271 e. The van der Waals surface area contributed by atoms with Crippen LogP contribution in [0.25, 0.3) is 5.65 Å². The van der Waals surface area contributed by atoms with Gasteiger partial charge < -0.3 is 9.72 Å². The Bertz CT molecular complexity index is 882. The first-order valence-corrected chi connectivity index (χ1v) is 8.65. The van der Waals surface area contributed by atoms with E-state index >= 15 is 0 Å². The number of hydrogen-bond donors (Lipinski definition) is 1. The molecule has 4 rings (SSSR count).